The Bertz CT molecular complexity index is 734. The Labute approximate surface area is 140 Å². The Kier molecular flexibility index (Phi) is 4.80. The van der Waals surface area contributed by atoms with Gasteiger partial charge in [-0.2, -0.15) is 0 Å². The minimum Gasteiger partial charge on any atom is -0.493 e. The predicted molar refractivity (Wildman–Crippen MR) is 89.3 cm³/mol. The highest BCUT2D eigenvalue weighted by Crippen LogP contribution is 2.43. The van der Waals surface area contributed by atoms with E-state index < -0.39 is 0 Å². The first-order valence-electron chi connectivity index (χ1n) is 7.89. The van der Waals surface area contributed by atoms with E-state index in [9.17, 15) is 4.79 Å². The molecule has 0 bridgehead atoms. The van der Waals surface area contributed by atoms with Crippen LogP contribution in [0.1, 0.15) is 23.3 Å². The van der Waals surface area contributed by atoms with Crippen LogP contribution >= 0.6 is 0 Å². The summed E-state index contributed by atoms with van der Waals surface area (Å²) in [7, 11) is 4.66. The fourth-order valence-corrected chi connectivity index (χ4v) is 2.98. The quantitative estimate of drug-likeness (QED) is 0.845. The van der Waals surface area contributed by atoms with E-state index in [4.69, 9.17) is 18.9 Å². The van der Waals surface area contributed by atoms with Crippen LogP contribution in [0.3, 0.4) is 0 Å². The SMILES string of the molecule is COc1cc2[nH]c(C(=O)NC[C@H]3CCCO3)cc2c(OC)c1OC. The highest BCUT2D eigenvalue weighted by Gasteiger charge is 2.21. The number of hydrogen-bond donors (Lipinski definition) is 2. The van der Waals surface area contributed by atoms with E-state index in [1.165, 1.54) is 0 Å². The summed E-state index contributed by atoms with van der Waals surface area (Å²) >= 11 is 0. The van der Waals surface area contributed by atoms with Crippen LogP contribution in [0.2, 0.25) is 0 Å². The minimum atomic E-state index is -0.179. The van der Waals surface area contributed by atoms with Crippen LogP contribution < -0.4 is 19.5 Å². The molecule has 0 unspecified atom stereocenters. The first-order chi connectivity index (χ1) is 11.7. The van der Waals surface area contributed by atoms with Crippen LogP contribution in [-0.2, 0) is 4.74 Å². The average molecular weight is 334 g/mol. The normalized spacial score (nSPS) is 17.0. The highest BCUT2D eigenvalue weighted by atomic mass is 16.5. The number of ether oxygens (including phenoxy) is 4. The molecule has 24 heavy (non-hydrogen) atoms. The van der Waals surface area contributed by atoms with Gasteiger partial charge in [-0.3, -0.25) is 4.79 Å². The molecule has 7 heteroatoms. The largest absolute Gasteiger partial charge is 0.493 e. The molecule has 0 spiro atoms. The van der Waals surface area contributed by atoms with Gasteiger partial charge in [-0.15, -0.1) is 0 Å². The van der Waals surface area contributed by atoms with Crippen LogP contribution in [0.5, 0.6) is 17.2 Å². The third kappa shape index (κ3) is 2.99. The molecule has 3 rings (SSSR count). The van der Waals surface area contributed by atoms with Crippen LogP contribution in [0.4, 0.5) is 0 Å². The van der Waals surface area contributed by atoms with E-state index in [1.54, 1.807) is 33.5 Å². The van der Waals surface area contributed by atoms with Gasteiger partial charge in [0.05, 0.1) is 33.0 Å². The van der Waals surface area contributed by atoms with E-state index in [0.29, 0.717) is 29.5 Å². The summed E-state index contributed by atoms with van der Waals surface area (Å²) in [5.41, 5.74) is 1.20. The number of methoxy groups -OCH3 is 3. The molecular weight excluding hydrogens is 312 g/mol. The molecule has 1 amide bonds. The van der Waals surface area contributed by atoms with Crippen molar-refractivity contribution in [3.05, 3.63) is 17.8 Å². The lowest BCUT2D eigenvalue weighted by Crippen LogP contribution is -2.31. The van der Waals surface area contributed by atoms with Crippen molar-refractivity contribution in [2.75, 3.05) is 34.5 Å². The molecule has 2 aromatic rings. The minimum absolute atomic E-state index is 0.105. The van der Waals surface area contributed by atoms with Gasteiger partial charge in [0.15, 0.2) is 11.5 Å². The maximum absolute atomic E-state index is 12.4. The first kappa shape index (κ1) is 16.4. The molecular formula is C17H22N2O5. The van der Waals surface area contributed by atoms with Gasteiger partial charge >= 0.3 is 0 Å². The van der Waals surface area contributed by atoms with Crippen molar-refractivity contribution in [2.24, 2.45) is 0 Å². The Hall–Kier alpha value is -2.41. The third-order valence-electron chi connectivity index (χ3n) is 4.19. The number of carbonyl (C=O) groups excluding carboxylic acids is 1. The number of aromatic amines is 1. The second-order valence-corrected chi connectivity index (χ2v) is 5.63. The Morgan fingerprint density at radius 3 is 2.67 bits per heavy atom. The van der Waals surface area contributed by atoms with Crippen LogP contribution in [-0.4, -0.2) is 51.5 Å². The molecule has 2 N–H and O–H groups in total. The van der Waals surface area contributed by atoms with Crippen LogP contribution in [0, 0.1) is 0 Å². The van der Waals surface area contributed by atoms with Crippen LogP contribution in [0.15, 0.2) is 12.1 Å². The van der Waals surface area contributed by atoms with E-state index in [1.807, 2.05) is 0 Å². The number of benzene rings is 1. The third-order valence-corrected chi connectivity index (χ3v) is 4.19. The van der Waals surface area contributed by atoms with E-state index in [-0.39, 0.29) is 12.0 Å². The van der Waals surface area contributed by atoms with Gasteiger partial charge in [-0.1, -0.05) is 0 Å². The molecule has 130 valence electrons. The summed E-state index contributed by atoms with van der Waals surface area (Å²) in [5, 5.41) is 3.66. The maximum Gasteiger partial charge on any atom is 0.267 e. The summed E-state index contributed by atoms with van der Waals surface area (Å²) in [6.45, 7) is 1.28. The van der Waals surface area contributed by atoms with Gasteiger partial charge in [0.1, 0.15) is 5.69 Å². The van der Waals surface area contributed by atoms with Crippen molar-refractivity contribution in [1.82, 2.24) is 10.3 Å². The fraction of sp³-hybridized carbons (Fsp3) is 0.471. The number of nitrogens with one attached hydrogen (secondary N) is 2. The van der Waals surface area contributed by atoms with E-state index in [2.05, 4.69) is 10.3 Å². The number of hydrogen-bond acceptors (Lipinski definition) is 5. The second-order valence-electron chi connectivity index (χ2n) is 5.63. The van der Waals surface area contributed by atoms with Crippen molar-refractivity contribution < 1.29 is 23.7 Å². The Morgan fingerprint density at radius 1 is 1.25 bits per heavy atom. The topological polar surface area (TPSA) is 81.8 Å². The number of aromatic nitrogens is 1. The van der Waals surface area contributed by atoms with Gasteiger partial charge in [0, 0.05) is 24.6 Å². The molecule has 1 aliphatic heterocycles. The molecule has 2 heterocycles. The number of fused-ring (bicyclic) bond motifs is 1. The van der Waals surface area contributed by atoms with Gasteiger partial charge in [0.2, 0.25) is 5.75 Å². The average Bonchev–Trinajstić information content (AvgIpc) is 3.26. The highest BCUT2D eigenvalue weighted by molar-refractivity contribution is 6.01. The van der Waals surface area contributed by atoms with Crippen molar-refractivity contribution in [2.45, 2.75) is 18.9 Å². The maximum atomic E-state index is 12.4. The standard InChI is InChI=1S/C17H22N2O5/c1-21-14-8-12-11(15(22-2)16(14)23-3)7-13(19-12)17(20)18-9-10-5-4-6-24-10/h7-8,10,19H,4-6,9H2,1-3H3,(H,18,20)/t10-/m1/s1. The summed E-state index contributed by atoms with van der Waals surface area (Å²) in [5.74, 6) is 1.38. The molecule has 0 aliphatic carbocycles. The summed E-state index contributed by atoms with van der Waals surface area (Å²) in [4.78, 5) is 15.5. The van der Waals surface area contributed by atoms with Crippen molar-refractivity contribution in [3.63, 3.8) is 0 Å². The molecule has 1 atom stereocenters. The zero-order valence-electron chi connectivity index (χ0n) is 14.1. The Balaban J connectivity index is 1.88. The van der Waals surface area contributed by atoms with E-state index in [0.717, 1.165) is 30.4 Å². The molecule has 1 aromatic heterocycles. The molecule has 7 nitrogen and oxygen atoms in total. The number of carbonyl (C=O) groups is 1. The van der Waals surface area contributed by atoms with Gasteiger partial charge in [-0.05, 0) is 18.9 Å². The summed E-state index contributed by atoms with van der Waals surface area (Å²) < 4.78 is 21.7. The lowest BCUT2D eigenvalue weighted by atomic mass is 10.2. The zero-order chi connectivity index (χ0) is 17.1. The van der Waals surface area contributed by atoms with Gasteiger partial charge in [0.25, 0.3) is 5.91 Å². The van der Waals surface area contributed by atoms with Crippen molar-refractivity contribution >= 4 is 16.8 Å². The lowest BCUT2D eigenvalue weighted by Gasteiger charge is -2.12. The molecule has 1 aromatic carbocycles. The molecule has 0 saturated carbocycles. The Morgan fingerprint density at radius 2 is 2.04 bits per heavy atom. The van der Waals surface area contributed by atoms with Gasteiger partial charge < -0.3 is 29.2 Å². The van der Waals surface area contributed by atoms with Crippen molar-refractivity contribution in [3.8, 4) is 17.2 Å². The number of amides is 1. The second kappa shape index (κ2) is 7.00. The molecule has 1 aliphatic rings. The molecule has 1 saturated heterocycles. The zero-order valence-corrected chi connectivity index (χ0v) is 14.1. The first-order valence-corrected chi connectivity index (χ1v) is 7.89. The fourth-order valence-electron chi connectivity index (χ4n) is 2.98. The predicted octanol–water partition coefficient (Wildman–Crippen LogP) is 2.10. The number of rotatable bonds is 6. The van der Waals surface area contributed by atoms with Crippen LogP contribution in [0.25, 0.3) is 10.9 Å². The lowest BCUT2D eigenvalue weighted by molar-refractivity contribution is 0.0854. The molecule has 0 radical (unpaired) electrons. The van der Waals surface area contributed by atoms with Gasteiger partial charge in [-0.25, -0.2) is 0 Å². The van der Waals surface area contributed by atoms with Crippen molar-refractivity contribution in [1.29, 1.82) is 0 Å². The summed E-state index contributed by atoms with van der Waals surface area (Å²) in [6.07, 6.45) is 2.13. The monoisotopic (exact) mass is 334 g/mol. The molecule has 1 fully saturated rings. The smallest absolute Gasteiger partial charge is 0.267 e. The summed E-state index contributed by atoms with van der Waals surface area (Å²) in [6, 6.07) is 3.54. The van der Waals surface area contributed by atoms with E-state index >= 15 is 0 Å². The number of H-pyrrole nitrogens is 1.